The van der Waals surface area contributed by atoms with Gasteiger partial charge in [0.05, 0.1) is 17.1 Å². The van der Waals surface area contributed by atoms with Gasteiger partial charge in [-0.05, 0) is 31.9 Å². The summed E-state index contributed by atoms with van der Waals surface area (Å²) < 4.78 is 0. The second-order valence-corrected chi connectivity index (χ2v) is 5.55. The first kappa shape index (κ1) is 16.7. The van der Waals surface area contributed by atoms with Crippen molar-refractivity contribution in [2.45, 2.75) is 25.8 Å². The molecule has 1 unspecified atom stereocenters. The average molecular weight is 311 g/mol. The molecule has 23 heavy (non-hydrogen) atoms. The first-order valence-corrected chi connectivity index (χ1v) is 7.62. The first-order valence-electron chi connectivity index (χ1n) is 7.62. The normalized spacial score (nSPS) is 14.7. The van der Waals surface area contributed by atoms with Crippen LogP contribution in [0.3, 0.4) is 0 Å². The minimum atomic E-state index is -0.509. The predicted octanol–water partition coefficient (Wildman–Crippen LogP) is 1.53. The standard InChI is InChI=1S/C14H13N3.C3H8N2O/c15-10-12-9-11-5-1-2-6-13(11)16-14(12)17-7-3-4-8-17;1-2(4)3(5)6/h1-2,5-6,9H,3-4,7-8H2;2H,4H2,1H3,(H2,5,6). The van der Waals surface area contributed by atoms with Crippen LogP contribution in [-0.2, 0) is 4.79 Å². The highest BCUT2D eigenvalue weighted by Crippen LogP contribution is 2.25. The lowest BCUT2D eigenvalue weighted by atomic mass is 10.1. The van der Waals surface area contributed by atoms with Gasteiger partial charge in [-0.3, -0.25) is 4.79 Å². The molecule has 1 aromatic heterocycles. The van der Waals surface area contributed by atoms with Crippen molar-refractivity contribution in [1.29, 1.82) is 5.26 Å². The van der Waals surface area contributed by atoms with Gasteiger partial charge in [0, 0.05) is 18.5 Å². The predicted molar refractivity (Wildman–Crippen MR) is 90.7 cm³/mol. The summed E-state index contributed by atoms with van der Waals surface area (Å²) in [6.07, 6.45) is 2.39. The molecule has 1 aliphatic rings. The van der Waals surface area contributed by atoms with Crippen LogP contribution < -0.4 is 16.4 Å². The number of fused-ring (bicyclic) bond motifs is 1. The Morgan fingerprint density at radius 1 is 1.35 bits per heavy atom. The number of pyridine rings is 1. The van der Waals surface area contributed by atoms with Crippen LogP contribution in [0, 0.1) is 11.3 Å². The summed E-state index contributed by atoms with van der Waals surface area (Å²) in [4.78, 5) is 16.6. The molecule has 0 aliphatic carbocycles. The molecule has 0 spiro atoms. The van der Waals surface area contributed by atoms with Gasteiger partial charge in [0.25, 0.3) is 0 Å². The number of primary amides is 1. The number of nitrogens with zero attached hydrogens (tertiary/aromatic N) is 3. The van der Waals surface area contributed by atoms with E-state index in [9.17, 15) is 10.1 Å². The van der Waals surface area contributed by atoms with Crippen LogP contribution in [0.15, 0.2) is 30.3 Å². The third-order valence-corrected chi connectivity index (χ3v) is 3.68. The zero-order valence-corrected chi connectivity index (χ0v) is 13.2. The van der Waals surface area contributed by atoms with Crippen LogP contribution in [0.25, 0.3) is 10.9 Å². The molecule has 4 N–H and O–H groups in total. The summed E-state index contributed by atoms with van der Waals surface area (Å²) in [6, 6.07) is 11.6. The number of hydrogen-bond acceptors (Lipinski definition) is 5. The topological polar surface area (TPSA) is 109 Å². The van der Waals surface area contributed by atoms with E-state index in [-0.39, 0.29) is 0 Å². The number of para-hydroxylation sites is 1. The quantitative estimate of drug-likeness (QED) is 0.874. The highest BCUT2D eigenvalue weighted by Gasteiger charge is 2.17. The van der Waals surface area contributed by atoms with Gasteiger partial charge in [0.2, 0.25) is 5.91 Å². The Morgan fingerprint density at radius 2 is 1.96 bits per heavy atom. The van der Waals surface area contributed by atoms with Crippen LogP contribution in [0.2, 0.25) is 0 Å². The SMILES string of the molecule is CC(N)C(N)=O.N#Cc1cc2ccccc2nc1N1CCCC1. The maximum absolute atomic E-state index is 9.80. The van der Waals surface area contributed by atoms with Crippen molar-refractivity contribution >= 4 is 22.6 Å². The Labute approximate surface area is 135 Å². The molecule has 2 heterocycles. The Kier molecular flexibility index (Phi) is 5.50. The molecule has 1 aromatic carbocycles. The minimum Gasteiger partial charge on any atom is -0.368 e. The minimum absolute atomic E-state index is 0.463. The molecule has 0 bridgehead atoms. The number of anilines is 1. The van der Waals surface area contributed by atoms with Gasteiger partial charge < -0.3 is 16.4 Å². The number of rotatable bonds is 2. The van der Waals surface area contributed by atoms with Gasteiger partial charge in [-0.2, -0.15) is 5.26 Å². The number of nitrogens with two attached hydrogens (primary N) is 2. The molecular formula is C17H21N5O. The van der Waals surface area contributed by atoms with Crippen LogP contribution in [0.4, 0.5) is 5.82 Å². The molecule has 1 saturated heterocycles. The van der Waals surface area contributed by atoms with Gasteiger partial charge in [-0.1, -0.05) is 18.2 Å². The van der Waals surface area contributed by atoms with Crippen molar-refractivity contribution in [3.05, 3.63) is 35.9 Å². The molecule has 1 amide bonds. The van der Waals surface area contributed by atoms with Gasteiger partial charge in [-0.15, -0.1) is 0 Å². The maximum atomic E-state index is 9.80. The molecule has 6 nitrogen and oxygen atoms in total. The molecule has 0 radical (unpaired) electrons. The van der Waals surface area contributed by atoms with E-state index in [1.807, 2.05) is 30.3 Å². The Balaban J connectivity index is 0.000000277. The molecule has 0 saturated carbocycles. The molecule has 6 heteroatoms. The van der Waals surface area contributed by atoms with E-state index in [1.54, 1.807) is 6.92 Å². The zero-order valence-electron chi connectivity index (χ0n) is 13.2. The van der Waals surface area contributed by atoms with Crippen molar-refractivity contribution in [2.24, 2.45) is 11.5 Å². The number of nitriles is 1. The third-order valence-electron chi connectivity index (χ3n) is 3.68. The van der Waals surface area contributed by atoms with Crippen LogP contribution >= 0.6 is 0 Å². The van der Waals surface area contributed by atoms with Crippen molar-refractivity contribution < 1.29 is 4.79 Å². The Hall–Kier alpha value is -2.65. The van der Waals surface area contributed by atoms with Gasteiger partial charge in [-0.25, -0.2) is 4.98 Å². The second-order valence-electron chi connectivity index (χ2n) is 5.55. The van der Waals surface area contributed by atoms with Crippen LogP contribution in [-0.4, -0.2) is 30.0 Å². The first-order chi connectivity index (χ1) is 11.0. The fraction of sp³-hybridized carbons (Fsp3) is 0.353. The van der Waals surface area contributed by atoms with Crippen molar-refractivity contribution in [3.8, 4) is 6.07 Å². The summed E-state index contributed by atoms with van der Waals surface area (Å²) in [5.74, 6) is 0.388. The number of hydrogen-bond donors (Lipinski definition) is 2. The Morgan fingerprint density at radius 3 is 2.52 bits per heavy atom. The van der Waals surface area contributed by atoms with Crippen molar-refractivity contribution in [2.75, 3.05) is 18.0 Å². The van der Waals surface area contributed by atoms with E-state index in [0.717, 1.165) is 29.8 Å². The summed E-state index contributed by atoms with van der Waals surface area (Å²) in [6.45, 7) is 3.57. The highest BCUT2D eigenvalue weighted by atomic mass is 16.1. The van der Waals surface area contributed by atoms with Gasteiger partial charge in [0.15, 0.2) is 0 Å². The van der Waals surface area contributed by atoms with E-state index < -0.39 is 11.9 Å². The maximum Gasteiger partial charge on any atom is 0.234 e. The fourth-order valence-electron chi connectivity index (χ4n) is 2.36. The molecule has 1 atom stereocenters. The van der Waals surface area contributed by atoms with Crippen LogP contribution in [0.1, 0.15) is 25.3 Å². The fourth-order valence-corrected chi connectivity index (χ4v) is 2.36. The lowest BCUT2D eigenvalue weighted by molar-refractivity contribution is -0.118. The molecule has 1 fully saturated rings. The second kappa shape index (κ2) is 7.56. The molecule has 2 aromatic rings. The molecule has 3 rings (SSSR count). The van der Waals surface area contributed by atoms with Crippen molar-refractivity contribution in [3.63, 3.8) is 0 Å². The van der Waals surface area contributed by atoms with Crippen LogP contribution in [0.5, 0.6) is 0 Å². The zero-order chi connectivity index (χ0) is 16.8. The third kappa shape index (κ3) is 4.18. The molecule has 120 valence electrons. The summed E-state index contributed by atoms with van der Waals surface area (Å²) in [7, 11) is 0. The van der Waals surface area contributed by atoms with E-state index in [1.165, 1.54) is 12.8 Å². The van der Waals surface area contributed by atoms with Gasteiger partial charge in [0.1, 0.15) is 11.9 Å². The monoisotopic (exact) mass is 311 g/mol. The van der Waals surface area contributed by atoms with Crippen molar-refractivity contribution in [1.82, 2.24) is 4.98 Å². The number of aromatic nitrogens is 1. The van der Waals surface area contributed by atoms with E-state index in [4.69, 9.17) is 5.73 Å². The smallest absolute Gasteiger partial charge is 0.234 e. The molecule has 1 aliphatic heterocycles. The summed E-state index contributed by atoms with van der Waals surface area (Å²) >= 11 is 0. The lowest BCUT2D eigenvalue weighted by Gasteiger charge is -2.18. The Bertz CT molecular complexity index is 729. The number of benzene rings is 1. The average Bonchev–Trinajstić information content (AvgIpc) is 3.08. The van der Waals surface area contributed by atoms with E-state index in [2.05, 4.69) is 21.7 Å². The number of amides is 1. The largest absolute Gasteiger partial charge is 0.368 e. The number of carbonyl (C=O) groups excluding carboxylic acids is 1. The van der Waals surface area contributed by atoms with E-state index >= 15 is 0 Å². The van der Waals surface area contributed by atoms with E-state index in [0.29, 0.717) is 5.56 Å². The summed E-state index contributed by atoms with van der Waals surface area (Å²) in [5, 5.41) is 10.3. The van der Waals surface area contributed by atoms with Gasteiger partial charge >= 0.3 is 0 Å². The molecular weight excluding hydrogens is 290 g/mol. The summed E-state index contributed by atoms with van der Waals surface area (Å²) in [5.41, 5.74) is 11.3. The lowest BCUT2D eigenvalue weighted by Crippen LogP contribution is -2.32. The number of carbonyl (C=O) groups is 1. The highest BCUT2D eigenvalue weighted by molar-refractivity contribution is 5.83.